The monoisotopic (exact) mass is 140 g/mol. The molecule has 0 atom stereocenters. The second kappa shape index (κ2) is 3.62. The van der Waals surface area contributed by atoms with Gasteiger partial charge in [-0.25, -0.2) is 0 Å². The Morgan fingerprint density at radius 3 is 2.50 bits per heavy atom. The van der Waals surface area contributed by atoms with Crippen LogP contribution in [-0.4, -0.2) is 31.1 Å². The largest absolute Gasteiger partial charge is 0.373 e. The van der Waals surface area contributed by atoms with Gasteiger partial charge in [-0.3, -0.25) is 0 Å². The SMILES string of the molecule is C/C=C(\C)N1CCNCC1. The minimum atomic E-state index is 1.13. The van der Waals surface area contributed by atoms with E-state index in [0.717, 1.165) is 26.2 Å². The first-order valence-corrected chi connectivity index (χ1v) is 3.93. The predicted molar refractivity (Wildman–Crippen MR) is 43.9 cm³/mol. The van der Waals surface area contributed by atoms with E-state index in [1.165, 1.54) is 5.70 Å². The first-order chi connectivity index (χ1) is 4.84. The molecule has 0 aromatic carbocycles. The van der Waals surface area contributed by atoms with Crippen LogP contribution >= 0.6 is 0 Å². The number of hydrogen-bond donors (Lipinski definition) is 1. The molecule has 0 saturated carbocycles. The van der Waals surface area contributed by atoms with Crippen LogP contribution in [0.1, 0.15) is 13.8 Å². The van der Waals surface area contributed by atoms with Gasteiger partial charge in [-0.15, -0.1) is 0 Å². The molecular weight excluding hydrogens is 124 g/mol. The zero-order chi connectivity index (χ0) is 7.40. The van der Waals surface area contributed by atoms with E-state index in [0.29, 0.717) is 0 Å². The van der Waals surface area contributed by atoms with Crippen LogP contribution in [0.3, 0.4) is 0 Å². The van der Waals surface area contributed by atoms with Gasteiger partial charge in [0.15, 0.2) is 0 Å². The Morgan fingerprint density at radius 1 is 1.40 bits per heavy atom. The standard InChI is InChI=1S/C8H16N2/c1-3-8(2)10-6-4-9-5-7-10/h3,9H,4-7H2,1-2H3/b8-3+. The molecule has 10 heavy (non-hydrogen) atoms. The molecule has 58 valence electrons. The zero-order valence-electron chi connectivity index (χ0n) is 6.85. The van der Waals surface area contributed by atoms with Gasteiger partial charge in [0.25, 0.3) is 0 Å². The smallest absolute Gasteiger partial charge is 0.0300 e. The molecule has 0 spiro atoms. The fourth-order valence-electron chi connectivity index (χ4n) is 1.20. The molecule has 0 amide bonds. The van der Waals surface area contributed by atoms with E-state index in [4.69, 9.17) is 0 Å². The first-order valence-electron chi connectivity index (χ1n) is 3.93. The van der Waals surface area contributed by atoms with E-state index in [9.17, 15) is 0 Å². The summed E-state index contributed by atoms with van der Waals surface area (Å²) in [6.07, 6.45) is 2.17. The first kappa shape index (κ1) is 7.61. The molecule has 0 aromatic rings. The highest BCUT2D eigenvalue weighted by molar-refractivity contribution is 4.96. The Balaban J connectivity index is 2.39. The molecule has 2 nitrogen and oxygen atoms in total. The van der Waals surface area contributed by atoms with Crippen molar-refractivity contribution in [3.63, 3.8) is 0 Å². The van der Waals surface area contributed by atoms with E-state index in [2.05, 4.69) is 30.1 Å². The Labute approximate surface area is 62.9 Å². The third-order valence-corrected chi connectivity index (χ3v) is 2.03. The van der Waals surface area contributed by atoms with Crippen LogP contribution in [0.4, 0.5) is 0 Å². The number of piperazine rings is 1. The molecule has 0 aliphatic carbocycles. The number of nitrogens with zero attached hydrogens (tertiary/aromatic N) is 1. The van der Waals surface area contributed by atoms with E-state index in [-0.39, 0.29) is 0 Å². The van der Waals surface area contributed by atoms with Crippen LogP contribution in [0, 0.1) is 0 Å². The van der Waals surface area contributed by atoms with E-state index < -0.39 is 0 Å². The lowest BCUT2D eigenvalue weighted by molar-refractivity contribution is 0.299. The van der Waals surface area contributed by atoms with Crippen molar-refractivity contribution in [3.8, 4) is 0 Å². The van der Waals surface area contributed by atoms with Crippen molar-refractivity contribution in [1.29, 1.82) is 0 Å². The average Bonchev–Trinajstić information content (AvgIpc) is 2.05. The predicted octanol–water partition coefficient (Wildman–Crippen LogP) is 0.815. The Morgan fingerprint density at radius 2 is 2.00 bits per heavy atom. The summed E-state index contributed by atoms with van der Waals surface area (Å²) in [5, 5.41) is 3.32. The van der Waals surface area contributed by atoms with Gasteiger partial charge >= 0.3 is 0 Å². The molecule has 1 saturated heterocycles. The molecule has 1 aliphatic rings. The molecule has 0 unspecified atom stereocenters. The van der Waals surface area contributed by atoms with Gasteiger partial charge in [-0.1, -0.05) is 6.08 Å². The molecule has 1 aliphatic heterocycles. The van der Waals surface area contributed by atoms with E-state index in [1.54, 1.807) is 0 Å². The summed E-state index contributed by atoms with van der Waals surface area (Å²) in [4.78, 5) is 2.41. The molecule has 2 heteroatoms. The van der Waals surface area contributed by atoms with Crippen LogP contribution in [0.25, 0.3) is 0 Å². The number of hydrogen-bond acceptors (Lipinski definition) is 2. The van der Waals surface area contributed by atoms with Crippen molar-refractivity contribution in [1.82, 2.24) is 10.2 Å². The van der Waals surface area contributed by atoms with Crippen molar-refractivity contribution in [2.75, 3.05) is 26.2 Å². The summed E-state index contributed by atoms with van der Waals surface area (Å²) in [6, 6.07) is 0. The highest BCUT2D eigenvalue weighted by Crippen LogP contribution is 2.02. The van der Waals surface area contributed by atoms with Crippen LogP contribution in [-0.2, 0) is 0 Å². The highest BCUT2D eigenvalue weighted by atomic mass is 15.2. The second-order valence-electron chi connectivity index (χ2n) is 2.67. The van der Waals surface area contributed by atoms with Gasteiger partial charge in [0.05, 0.1) is 0 Å². The Hall–Kier alpha value is -0.500. The molecule has 1 fully saturated rings. The topological polar surface area (TPSA) is 15.3 Å². The molecule has 0 bridgehead atoms. The van der Waals surface area contributed by atoms with E-state index >= 15 is 0 Å². The van der Waals surface area contributed by atoms with Gasteiger partial charge < -0.3 is 10.2 Å². The minimum Gasteiger partial charge on any atom is -0.373 e. The maximum atomic E-state index is 3.32. The molecule has 0 radical (unpaired) electrons. The Bertz CT molecular complexity index is 123. The molecule has 1 heterocycles. The lowest BCUT2D eigenvalue weighted by atomic mass is 10.3. The summed E-state index contributed by atoms with van der Waals surface area (Å²) < 4.78 is 0. The van der Waals surface area contributed by atoms with Crippen LogP contribution in [0.5, 0.6) is 0 Å². The van der Waals surface area contributed by atoms with Gasteiger partial charge in [-0.05, 0) is 13.8 Å². The van der Waals surface area contributed by atoms with Gasteiger partial charge in [0.1, 0.15) is 0 Å². The summed E-state index contributed by atoms with van der Waals surface area (Å²) in [6.45, 7) is 8.85. The van der Waals surface area contributed by atoms with Crippen LogP contribution < -0.4 is 5.32 Å². The Kier molecular flexibility index (Phi) is 2.75. The van der Waals surface area contributed by atoms with Crippen molar-refractivity contribution >= 4 is 0 Å². The number of rotatable bonds is 1. The van der Waals surface area contributed by atoms with Crippen molar-refractivity contribution < 1.29 is 0 Å². The molecule has 0 aromatic heterocycles. The van der Waals surface area contributed by atoms with Gasteiger partial charge in [0.2, 0.25) is 0 Å². The van der Waals surface area contributed by atoms with Crippen molar-refractivity contribution in [2.24, 2.45) is 0 Å². The minimum absolute atomic E-state index is 1.13. The third kappa shape index (κ3) is 1.74. The fraction of sp³-hybridized carbons (Fsp3) is 0.750. The van der Waals surface area contributed by atoms with Gasteiger partial charge in [0, 0.05) is 31.9 Å². The van der Waals surface area contributed by atoms with Gasteiger partial charge in [-0.2, -0.15) is 0 Å². The summed E-state index contributed by atoms with van der Waals surface area (Å²) in [5.74, 6) is 0. The zero-order valence-corrected chi connectivity index (χ0v) is 6.85. The number of nitrogens with one attached hydrogen (secondary N) is 1. The van der Waals surface area contributed by atoms with Crippen molar-refractivity contribution in [2.45, 2.75) is 13.8 Å². The maximum absolute atomic E-state index is 3.32. The summed E-state index contributed by atoms with van der Waals surface area (Å²) in [5.41, 5.74) is 1.40. The van der Waals surface area contributed by atoms with Crippen LogP contribution in [0.2, 0.25) is 0 Å². The average molecular weight is 140 g/mol. The lowest BCUT2D eigenvalue weighted by Gasteiger charge is -2.29. The molecular formula is C8H16N2. The summed E-state index contributed by atoms with van der Waals surface area (Å²) in [7, 11) is 0. The fourth-order valence-corrected chi connectivity index (χ4v) is 1.20. The highest BCUT2D eigenvalue weighted by Gasteiger charge is 2.07. The number of allylic oxidation sites excluding steroid dienone is 2. The van der Waals surface area contributed by atoms with Crippen molar-refractivity contribution in [3.05, 3.63) is 11.8 Å². The summed E-state index contributed by atoms with van der Waals surface area (Å²) >= 11 is 0. The quantitative estimate of drug-likeness (QED) is 0.580. The van der Waals surface area contributed by atoms with E-state index in [1.807, 2.05) is 0 Å². The maximum Gasteiger partial charge on any atom is 0.0300 e. The lowest BCUT2D eigenvalue weighted by Crippen LogP contribution is -2.42. The second-order valence-corrected chi connectivity index (χ2v) is 2.67. The third-order valence-electron chi connectivity index (χ3n) is 2.03. The van der Waals surface area contributed by atoms with Crippen LogP contribution in [0.15, 0.2) is 11.8 Å². The normalized spacial score (nSPS) is 21.4. The molecule has 1 rings (SSSR count). The molecule has 1 N–H and O–H groups in total.